The summed E-state index contributed by atoms with van der Waals surface area (Å²) in [4.78, 5) is 33.4. The van der Waals surface area contributed by atoms with Gasteiger partial charge in [-0.1, -0.05) is 13.8 Å². The van der Waals surface area contributed by atoms with Gasteiger partial charge in [0.05, 0.1) is 0 Å². The predicted molar refractivity (Wildman–Crippen MR) is 117 cm³/mol. The lowest BCUT2D eigenvalue weighted by molar-refractivity contribution is -0.139. The highest BCUT2D eigenvalue weighted by Gasteiger charge is 2.31. The van der Waals surface area contributed by atoms with Gasteiger partial charge < -0.3 is 19.6 Å². The molecule has 2 rings (SSSR count). The van der Waals surface area contributed by atoms with Crippen molar-refractivity contribution in [2.45, 2.75) is 46.5 Å². The molecule has 164 valence electrons. The molecular formula is C22H44N4O2. The van der Waals surface area contributed by atoms with E-state index in [-0.39, 0.29) is 17.6 Å². The molecular weight excluding hydrogens is 352 g/mol. The third kappa shape index (κ3) is 8.58. The topological polar surface area (TPSA) is 47.1 Å². The van der Waals surface area contributed by atoms with Crippen LogP contribution in [0.15, 0.2) is 0 Å². The number of amides is 1. The van der Waals surface area contributed by atoms with Gasteiger partial charge in [0.2, 0.25) is 5.91 Å². The smallest absolute Gasteiger partial charge is 0.225 e. The molecule has 6 heteroatoms. The Bertz CT molecular complexity index is 453. The Labute approximate surface area is 173 Å². The minimum absolute atomic E-state index is 0.172. The molecule has 2 saturated heterocycles. The van der Waals surface area contributed by atoms with E-state index in [1.807, 2.05) is 18.7 Å². The van der Waals surface area contributed by atoms with Crippen LogP contribution in [0.5, 0.6) is 0 Å². The summed E-state index contributed by atoms with van der Waals surface area (Å²) < 4.78 is 0. The third-order valence-corrected chi connectivity index (χ3v) is 6.05. The maximum Gasteiger partial charge on any atom is 0.225 e. The van der Waals surface area contributed by atoms with E-state index in [4.69, 9.17) is 0 Å². The van der Waals surface area contributed by atoms with Gasteiger partial charge in [-0.05, 0) is 66.8 Å². The SMILES string of the molecule is CC.CC(=O)C1CCN(C(=O)C2CCN(CCN(C)CCN(C)C)CC2)CC1. The second-order valence-corrected chi connectivity index (χ2v) is 8.43. The van der Waals surface area contributed by atoms with Crippen LogP contribution in [0.1, 0.15) is 46.5 Å². The highest BCUT2D eigenvalue weighted by Crippen LogP contribution is 2.24. The van der Waals surface area contributed by atoms with Gasteiger partial charge in [0.25, 0.3) is 0 Å². The lowest BCUT2D eigenvalue weighted by atomic mass is 9.90. The van der Waals surface area contributed by atoms with Crippen LogP contribution in [0, 0.1) is 11.8 Å². The highest BCUT2D eigenvalue weighted by atomic mass is 16.2. The molecule has 0 aliphatic carbocycles. The van der Waals surface area contributed by atoms with Crippen molar-refractivity contribution in [2.75, 3.05) is 73.5 Å². The average Bonchev–Trinajstić information content (AvgIpc) is 2.72. The van der Waals surface area contributed by atoms with E-state index < -0.39 is 0 Å². The predicted octanol–water partition coefficient (Wildman–Crippen LogP) is 2.05. The summed E-state index contributed by atoms with van der Waals surface area (Å²) in [7, 11) is 6.40. The van der Waals surface area contributed by atoms with E-state index in [0.717, 1.165) is 78.0 Å². The molecule has 0 N–H and O–H groups in total. The standard InChI is InChI=1S/C20H38N4O2.C2H6/c1-17(25)18-7-11-24(12-8-18)20(26)19-5-9-23(10-6-19)16-15-22(4)14-13-21(2)3;1-2/h18-19H,5-16H2,1-4H3;1-2H3. The molecule has 0 aromatic heterocycles. The lowest BCUT2D eigenvalue weighted by Gasteiger charge is -2.37. The lowest BCUT2D eigenvalue weighted by Crippen LogP contribution is -2.47. The zero-order chi connectivity index (χ0) is 21.1. The van der Waals surface area contributed by atoms with Crippen LogP contribution < -0.4 is 0 Å². The minimum atomic E-state index is 0.172. The molecule has 2 fully saturated rings. The molecule has 2 heterocycles. The molecule has 0 aromatic carbocycles. The number of carbonyl (C=O) groups is 2. The van der Waals surface area contributed by atoms with Gasteiger partial charge >= 0.3 is 0 Å². The number of ketones is 1. The summed E-state index contributed by atoms with van der Waals surface area (Å²) in [6.45, 7) is 13.6. The van der Waals surface area contributed by atoms with Crippen molar-refractivity contribution in [1.82, 2.24) is 19.6 Å². The normalized spacial score (nSPS) is 19.6. The summed E-state index contributed by atoms with van der Waals surface area (Å²) in [6, 6.07) is 0. The fourth-order valence-corrected chi connectivity index (χ4v) is 3.96. The van der Waals surface area contributed by atoms with Crippen LogP contribution >= 0.6 is 0 Å². The van der Waals surface area contributed by atoms with Crippen molar-refractivity contribution < 1.29 is 9.59 Å². The van der Waals surface area contributed by atoms with Crippen molar-refractivity contribution in [1.29, 1.82) is 0 Å². The van der Waals surface area contributed by atoms with Crippen LogP contribution in [-0.2, 0) is 9.59 Å². The number of Topliss-reactive ketones (excluding diaryl/α,β-unsaturated/α-hetero) is 1. The fraction of sp³-hybridized carbons (Fsp3) is 0.909. The summed E-state index contributed by atoms with van der Waals surface area (Å²) in [5.74, 6) is 0.965. The number of carbonyl (C=O) groups excluding carboxylic acids is 2. The molecule has 0 saturated carbocycles. The molecule has 0 atom stereocenters. The zero-order valence-corrected chi connectivity index (χ0v) is 19.2. The first kappa shape index (κ1) is 25.1. The number of hydrogen-bond donors (Lipinski definition) is 0. The molecule has 0 spiro atoms. The molecule has 0 unspecified atom stereocenters. The molecule has 28 heavy (non-hydrogen) atoms. The summed E-state index contributed by atoms with van der Waals surface area (Å²) >= 11 is 0. The number of nitrogens with zero attached hydrogens (tertiary/aromatic N) is 4. The summed E-state index contributed by atoms with van der Waals surface area (Å²) in [6.07, 6.45) is 3.65. The Morgan fingerprint density at radius 2 is 1.36 bits per heavy atom. The van der Waals surface area contributed by atoms with Gasteiger partial charge in [-0.25, -0.2) is 0 Å². The molecule has 6 nitrogen and oxygen atoms in total. The van der Waals surface area contributed by atoms with Gasteiger partial charge in [0, 0.05) is 51.1 Å². The average molecular weight is 397 g/mol. The van der Waals surface area contributed by atoms with E-state index in [9.17, 15) is 9.59 Å². The van der Waals surface area contributed by atoms with Gasteiger partial charge in [0.1, 0.15) is 5.78 Å². The minimum Gasteiger partial charge on any atom is -0.342 e. The monoisotopic (exact) mass is 396 g/mol. The Morgan fingerprint density at radius 1 is 0.821 bits per heavy atom. The fourth-order valence-electron chi connectivity index (χ4n) is 3.96. The Kier molecular flexibility index (Phi) is 11.9. The van der Waals surface area contributed by atoms with Gasteiger partial charge in [-0.3, -0.25) is 9.59 Å². The Balaban J connectivity index is 0.00000190. The van der Waals surface area contributed by atoms with E-state index in [1.54, 1.807) is 6.92 Å². The van der Waals surface area contributed by atoms with Crippen molar-refractivity contribution in [3.63, 3.8) is 0 Å². The molecule has 1 amide bonds. The Hall–Kier alpha value is -0.980. The second kappa shape index (κ2) is 13.3. The Morgan fingerprint density at radius 3 is 1.86 bits per heavy atom. The largest absolute Gasteiger partial charge is 0.342 e. The van der Waals surface area contributed by atoms with Crippen molar-refractivity contribution in [3.8, 4) is 0 Å². The van der Waals surface area contributed by atoms with Crippen LogP contribution in [0.2, 0.25) is 0 Å². The first-order valence-electron chi connectivity index (χ1n) is 11.2. The number of likely N-dealkylation sites (N-methyl/N-ethyl adjacent to an activating group) is 2. The van der Waals surface area contributed by atoms with Gasteiger partial charge in [-0.15, -0.1) is 0 Å². The van der Waals surface area contributed by atoms with Crippen LogP contribution in [0.3, 0.4) is 0 Å². The molecule has 0 aromatic rings. The second-order valence-electron chi connectivity index (χ2n) is 8.43. The zero-order valence-electron chi connectivity index (χ0n) is 19.2. The van der Waals surface area contributed by atoms with E-state index >= 15 is 0 Å². The molecule has 2 aliphatic heterocycles. The van der Waals surface area contributed by atoms with Crippen molar-refractivity contribution in [2.24, 2.45) is 11.8 Å². The van der Waals surface area contributed by atoms with E-state index in [2.05, 4.69) is 35.8 Å². The summed E-state index contributed by atoms with van der Waals surface area (Å²) in [5.41, 5.74) is 0. The number of hydrogen-bond acceptors (Lipinski definition) is 5. The van der Waals surface area contributed by atoms with Crippen LogP contribution in [0.4, 0.5) is 0 Å². The third-order valence-electron chi connectivity index (χ3n) is 6.05. The number of rotatable bonds is 8. The van der Waals surface area contributed by atoms with Gasteiger partial charge in [0.15, 0.2) is 0 Å². The highest BCUT2D eigenvalue weighted by molar-refractivity contribution is 5.81. The summed E-state index contributed by atoms with van der Waals surface area (Å²) in [5, 5.41) is 0. The van der Waals surface area contributed by atoms with Crippen LogP contribution in [-0.4, -0.2) is 105 Å². The van der Waals surface area contributed by atoms with Crippen LogP contribution in [0.25, 0.3) is 0 Å². The first-order valence-corrected chi connectivity index (χ1v) is 11.2. The first-order chi connectivity index (χ1) is 13.4. The maximum absolute atomic E-state index is 12.8. The number of likely N-dealkylation sites (tertiary alicyclic amines) is 2. The maximum atomic E-state index is 12.8. The molecule has 2 aliphatic rings. The van der Waals surface area contributed by atoms with E-state index in [1.165, 1.54) is 0 Å². The molecule has 0 radical (unpaired) electrons. The van der Waals surface area contributed by atoms with Gasteiger partial charge in [-0.2, -0.15) is 0 Å². The van der Waals surface area contributed by atoms with E-state index in [0.29, 0.717) is 5.91 Å². The van der Waals surface area contributed by atoms with Crippen molar-refractivity contribution >= 4 is 11.7 Å². The molecule has 0 bridgehead atoms. The number of piperidine rings is 2. The van der Waals surface area contributed by atoms with Crippen molar-refractivity contribution in [3.05, 3.63) is 0 Å². The quantitative estimate of drug-likeness (QED) is 0.628.